The smallest absolute Gasteiger partial charge is 0.374 e. The molecule has 0 aromatic heterocycles. The third kappa shape index (κ3) is 2.73. The molecule has 11 heavy (non-hydrogen) atoms. The molecule has 0 radical (unpaired) electrons. The van der Waals surface area contributed by atoms with Gasteiger partial charge in [0, 0.05) is 11.2 Å². The minimum atomic E-state index is -3.60. The summed E-state index contributed by atoms with van der Waals surface area (Å²) in [7, 11) is 0. The predicted molar refractivity (Wildman–Crippen MR) is 40.2 cm³/mol. The van der Waals surface area contributed by atoms with Gasteiger partial charge in [-0.2, -0.15) is 8.78 Å². The van der Waals surface area contributed by atoms with E-state index < -0.39 is 17.8 Å². The first-order chi connectivity index (χ1) is 4.92. The molecule has 0 aliphatic rings. The summed E-state index contributed by atoms with van der Waals surface area (Å²) in [4.78, 5) is 9.97. The van der Waals surface area contributed by atoms with Gasteiger partial charge in [-0.3, -0.25) is 0 Å². The monoisotopic (exact) mass is 230 g/mol. The predicted octanol–water partition coefficient (Wildman–Crippen LogP) is 2.13. The summed E-state index contributed by atoms with van der Waals surface area (Å²) in [5.74, 6) is -6.78. The van der Waals surface area contributed by atoms with Crippen LogP contribution in [-0.2, 0) is 4.79 Å². The summed E-state index contributed by atoms with van der Waals surface area (Å²) in [6.45, 7) is 1.22. The lowest BCUT2D eigenvalue weighted by atomic mass is 10.0. The van der Waals surface area contributed by atoms with E-state index in [1.54, 1.807) is 0 Å². The van der Waals surface area contributed by atoms with Crippen molar-refractivity contribution in [3.8, 4) is 0 Å². The number of alkyl halides is 3. The van der Waals surface area contributed by atoms with E-state index in [1.165, 1.54) is 6.92 Å². The van der Waals surface area contributed by atoms with E-state index in [-0.39, 0.29) is 6.42 Å². The molecule has 0 rings (SSSR count). The molecule has 0 spiro atoms. The van der Waals surface area contributed by atoms with E-state index in [4.69, 9.17) is 5.11 Å². The molecule has 0 saturated heterocycles. The molecule has 5 heteroatoms. The van der Waals surface area contributed by atoms with E-state index in [0.29, 0.717) is 5.33 Å². The largest absolute Gasteiger partial charge is 0.477 e. The minimum Gasteiger partial charge on any atom is -0.477 e. The average molecular weight is 231 g/mol. The van der Waals surface area contributed by atoms with Crippen molar-refractivity contribution >= 4 is 21.9 Å². The molecule has 1 unspecified atom stereocenters. The highest BCUT2D eigenvalue weighted by Crippen LogP contribution is 2.27. The van der Waals surface area contributed by atoms with Crippen molar-refractivity contribution in [2.75, 3.05) is 5.33 Å². The summed E-state index contributed by atoms with van der Waals surface area (Å²) in [6, 6.07) is 0. The van der Waals surface area contributed by atoms with Gasteiger partial charge in [0.15, 0.2) is 0 Å². The zero-order valence-corrected chi connectivity index (χ0v) is 7.57. The van der Waals surface area contributed by atoms with Gasteiger partial charge in [0.25, 0.3) is 0 Å². The Morgan fingerprint density at radius 3 is 2.45 bits per heavy atom. The third-order valence-corrected chi connectivity index (χ3v) is 1.90. The SMILES string of the molecule is CC(CCBr)C(F)(F)C(=O)O. The number of aliphatic carboxylic acids is 1. The number of carboxylic acid groups (broad SMARTS) is 1. The second kappa shape index (κ2) is 3.99. The van der Waals surface area contributed by atoms with Gasteiger partial charge in [-0.1, -0.05) is 22.9 Å². The molecule has 66 valence electrons. The number of rotatable bonds is 4. The van der Waals surface area contributed by atoms with Crippen molar-refractivity contribution in [3.05, 3.63) is 0 Å². The molecule has 0 amide bonds. The minimum absolute atomic E-state index is 0.152. The Morgan fingerprint density at radius 1 is 1.73 bits per heavy atom. The molecule has 1 atom stereocenters. The first kappa shape index (κ1) is 10.8. The second-order valence-corrected chi connectivity index (χ2v) is 3.10. The molecule has 0 heterocycles. The van der Waals surface area contributed by atoms with Gasteiger partial charge in [0.05, 0.1) is 0 Å². The summed E-state index contributed by atoms with van der Waals surface area (Å²) < 4.78 is 25.0. The third-order valence-electron chi connectivity index (χ3n) is 1.45. The van der Waals surface area contributed by atoms with Crippen LogP contribution in [0.4, 0.5) is 8.78 Å². The highest BCUT2D eigenvalue weighted by atomic mass is 79.9. The lowest BCUT2D eigenvalue weighted by molar-refractivity contribution is -0.172. The van der Waals surface area contributed by atoms with Crippen molar-refractivity contribution in [2.24, 2.45) is 5.92 Å². The first-order valence-corrected chi connectivity index (χ1v) is 4.22. The molecule has 0 bridgehead atoms. The Balaban J connectivity index is 4.17. The van der Waals surface area contributed by atoms with Crippen LogP contribution >= 0.6 is 15.9 Å². The van der Waals surface area contributed by atoms with Crippen LogP contribution in [0.2, 0.25) is 0 Å². The molecule has 0 fully saturated rings. The molecule has 0 saturated carbocycles. The van der Waals surface area contributed by atoms with Gasteiger partial charge >= 0.3 is 11.9 Å². The zero-order chi connectivity index (χ0) is 9.07. The molecule has 2 nitrogen and oxygen atoms in total. The van der Waals surface area contributed by atoms with Crippen LogP contribution in [0.1, 0.15) is 13.3 Å². The fraction of sp³-hybridized carbons (Fsp3) is 0.833. The summed E-state index contributed by atoms with van der Waals surface area (Å²) in [6.07, 6.45) is 0.152. The Bertz CT molecular complexity index is 150. The molecule has 0 aromatic carbocycles. The Hall–Kier alpha value is -0.190. The van der Waals surface area contributed by atoms with Crippen molar-refractivity contribution < 1.29 is 18.7 Å². The molecule has 1 N–H and O–H groups in total. The van der Waals surface area contributed by atoms with Gasteiger partial charge in [-0.15, -0.1) is 0 Å². The topological polar surface area (TPSA) is 37.3 Å². The van der Waals surface area contributed by atoms with E-state index >= 15 is 0 Å². The Morgan fingerprint density at radius 2 is 2.18 bits per heavy atom. The van der Waals surface area contributed by atoms with Crippen molar-refractivity contribution in [3.63, 3.8) is 0 Å². The molecular weight excluding hydrogens is 222 g/mol. The van der Waals surface area contributed by atoms with E-state index in [2.05, 4.69) is 15.9 Å². The number of hydrogen-bond acceptors (Lipinski definition) is 1. The number of halogens is 3. The summed E-state index contributed by atoms with van der Waals surface area (Å²) in [5.41, 5.74) is 0. The highest BCUT2D eigenvalue weighted by Gasteiger charge is 2.44. The average Bonchev–Trinajstić information content (AvgIpc) is 1.88. The Kier molecular flexibility index (Phi) is 3.92. The van der Waals surface area contributed by atoms with Gasteiger partial charge in [-0.25, -0.2) is 4.79 Å². The van der Waals surface area contributed by atoms with E-state index in [1.807, 2.05) is 0 Å². The fourth-order valence-electron chi connectivity index (χ4n) is 0.556. The fourth-order valence-corrected chi connectivity index (χ4v) is 1.24. The quantitative estimate of drug-likeness (QED) is 0.752. The van der Waals surface area contributed by atoms with Crippen LogP contribution in [0.15, 0.2) is 0 Å². The van der Waals surface area contributed by atoms with Crippen LogP contribution in [0.25, 0.3) is 0 Å². The first-order valence-electron chi connectivity index (χ1n) is 3.10. The summed E-state index contributed by atoms with van der Waals surface area (Å²) in [5, 5.41) is 8.46. The maximum absolute atomic E-state index is 12.5. The maximum Gasteiger partial charge on any atom is 0.374 e. The van der Waals surface area contributed by atoms with Crippen LogP contribution in [0.5, 0.6) is 0 Å². The van der Waals surface area contributed by atoms with Gasteiger partial charge < -0.3 is 5.11 Å². The van der Waals surface area contributed by atoms with Crippen molar-refractivity contribution in [2.45, 2.75) is 19.3 Å². The van der Waals surface area contributed by atoms with Crippen molar-refractivity contribution in [1.29, 1.82) is 0 Å². The van der Waals surface area contributed by atoms with Crippen LogP contribution in [0, 0.1) is 5.92 Å². The number of hydrogen-bond donors (Lipinski definition) is 1. The van der Waals surface area contributed by atoms with Crippen molar-refractivity contribution in [1.82, 2.24) is 0 Å². The number of carbonyl (C=O) groups is 1. The number of carboxylic acids is 1. The molecule has 0 aliphatic carbocycles. The van der Waals surface area contributed by atoms with Crippen LogP contribution in [-0.4, -0.2) is 22.3 Å². The van der Waals surface area contributed by atoms with Gasteiger partial charge in [0.1, 0.15) is 0 Å². The molecule has 0 aliphatic heterocycles. The maximum atomic E-state index is 12.5. The van der Waals surface area contributed by atoms with E-state index in [0.717, 1.165) is 0 Å². The molecular formula is C6H9BrF2O2. The van der Waals surface area contributed by atoms with Gasteiger partial charge in [-0.05, 0) is 6.42 Å². The zero-order valence-electron chi connectivity index (χ0n) is 5.98. The van der Waals surface area contributed by atoms with E-state index in [9.17, 15) is 13.6 Å². The Labute approximate surface area is 71.7 Å². The summed E-state index contributed by atoms with van der Waals surface area (Å²) >= 11 is 2.97. The molecule has 0 aromatic rings. The standard InChI is InChI=1S/C6H9BrF2O2/c1-4(2-3-7)6(8,9)5(10)11/h4H,2-3H2,1H3,(H,10,11). The van der Waals surface area contributed by atoms with Crippen LogP contribution < -0.4 is 0 Å². The lowest BCUT2D eigenvalue weighted by Crippen LogP contribution is -2.35. The van der Waals surface area contributed by atoms with Gasteiger partial charge in [0.2, 0.25) is 0 Å². The normalized spacial score (nSPS) is 14.5. The highest BCUT2D eigenvalue weighted by molar-refractivity contribution is 9.09. The second-order valence-electron chi connectivity index (χ2n) is 2.31. The lowest BCUT2D eigenvalue weighted by Gasteiger charge is -2.17. The van der Waals surface area contributed by atoms with Crippen LogP contribution in [0.3, 0.4) is 0 Å².